The molecule has 1 aromatic carbocycles. The molecule has 1 aromatic rings. The summed E-state index contributed by atoms with van der Waals surface area (Å²) in [6.07, 6.45) is 0.620. The highest BCUT2D eigenvalue weighted by atomic mass is 16.5. The largest absolute Gasteiger partial charge is 0.497 e. The summed E-state index contributed by atoms with van der Waals surface area (Å²) in [6, 6.07) is 7.57. The molecule has 1 saturated heterocycles. The van der Waals surface area contributed by atoms with Crippen molar-refractivity contribution in [2.45, 2.75) is 12.5 Å². The molecule has 6 heteroatoms. The van der Waals surface area contributed by atoms with E-state index in [9.17, 15) is 4.79 Å². The van der Waals surface area contributed by atoms with Crippen LogP contribution in [0, 0.1) is 0 Å². The summed E-state index contributed by atoms with van der Waals surface area (Å²) < 4.78 is 5.26. The summed E-state index contributed by atoms with van der Waals surface area (Å²) in [6.45, 7) is 4.65. The second kappa shape index (κ2) is 7.28. The molecule has 1 aliphatic rings. The summed E-state index contributed by atoms with van der Waals surface area (Å²) in [4.78, 5) is 15.6. The molecule has 116 valence electrons. The first kappa shape index (κ1) is 15.6. The van der Waals surface area contributed by atoms with Gasteiger partial charge in [0.25, 0.3) is 0 Å². The summed E-state index contributed by atoms with van der Waals surface area (Å²) >= 11 is 0. The SMILES string of the molecule is COc1cccc(N2CCN(CCC(N)C(N)=O)CC2)c1. The molecule has 1 unspecified atom stereocenters. The number of amides is 1. The molecule has 1 heterocycles. The van der Waals surface area contributed by atoms with Crippen molar-refractivity contribution < 1.29 is 9.53 Å². The molecule has 0 aromatic heterocycles. The van der Waals surface area contributed by atoms with Gasteiger partial charge >= 0.3 is 0 Å². The number of carbonyl (C=O) groups excluding carboxylic acids is 1. The molecular weight excluding hydrogens is 268 g/mol. The lowest BCUT2D eigenvalue weighted by Crippen LogP contribution is -2.48. The van der Waals surface area contributed by atoms with E-state index in [-0.39, 0.29) is 0 Å². The first-order valence-electron chi connectivity index (χ1n) is 7.26. The Morgan fingerprint density at radius 3 is 2.67 bits per heavy atom. The Kier molecular flexibility index (Phi) is 5.41. The zero-order valence-electron chi connectivity index (χ0n) is 12.5. The molecule has 0 radical (unpaired) electrons. The van der Waals surface area contributed by atoms with Crippen LogP contribution in [0.5, 0.6) is 5.75 Å². The third-order valence-corrected chi connectivity index (χ3v) is 3.91. The predicted octanol–water partition coefficient (Wildman–Crippen LogP) is 0.0199. The molecule has 0 saturated carbocycles. The van der Waals surface area contributed by atoms with Crippen molar-refractivity contribution in [2.75, 3.05) is 44.7 Å². The summed E-state index contributed by atoms with van der Waals surface area (Å²) in [5.74, 6) is 0.451. The average molecular weight is 292 g/mol. The van der Waals surface area contributed by atoms with E-state index >= 15 is 0 Å². The van der Waals surface area contributed by atoms with E-state index in [1.807, 2.05) is 12.1 Å². The van der Waals surface area contributed by atoms with E-state index in [0.717, 1.165) is 38.5 Å². The topological polar surface area (TPSA) is 84.8 Å². The van der Waals surface area contributed by atoms with Crippen LogP contribution in [0.4, 0.5) is 5.69 Å². The Morgan fingerprint density at radius 1 is 1.33 bits per heavy atom. The van der Waals surface area contributed by atoms with Gasteiger partial charge in [0.15, 0.2) is 0 Å². The van der Waals surface area contributed by atoms with Crippen molar-refractivity contribution in [3.8, 4) is 5.75 Å². The highest BCUT2D eigenvalue weighted by Gasteiger charge is 2.19. The van der Waals surface area contributed by atoms with Crippen LogP contribution in [0.2, 0.25) is 0 Å². The van der Waals surface area contributed by atoms with Gasteiger partial charge in [-0.1, -0.05) is 6.07 Å². The number of hydrogen-bond acceptors (Lipinski definition) is 5. The Hall–Kier alpha value is -1.79. The highest BCUT2D eigenvalue weighted by Crippen LogP contribution is 2.22. The normalized spacial score (nSPS) is 17.5. The van der Waals surface area contributed by atoms with Gasteiger partial charge in [0.05, 0.1) is 13.2 Å². The van der Waals surface area contributed by atoms with Crippen molar-refractivity contribution >= 4 is 11.6 Å². The van der Waals surface area contributed by atoms with Crippen LogP contribution in [-0.2, 0) is 4.79 Å². The third-order valence-electron chi connectivity index (χ3n) is 3.91. The first-order valence-corrected chi connectivity index (χ1v) is 7.26. The van der Waals surface area contributed by atoms with Crippen LogP contribution in [0.1, 0.15) is 6.42 Å². The standard InChI is InChI=1S/C15H24N4O2/c1-21-13-4-2-3-12(11-13)19-9-7-18(8-10-19)6-5-14(16)15(17)20/h2-4,11,14H,5-10,16H2,1H3,(H2,17,20). The fourth-order valence-electron chi connectivity index (χ4n) is 2.50. The number of nitrogens with zero attached hydrogens (tertiary/aromatic N) is 2. The van der Waals surface area contributed by atoms with Crippen molar-refractivity contribution in [3.63, 3.8) is 0 Å². The first-order chi connectivity index (χ1) is 10.1. The van der Waals surface area contributed by atoms with Gasteiger partial charge in [0, 0.05) is 44.5 Å². The van der Waals surface area contributed by atoms with E-state index in [2.05, 4.69) is 21.9 Å². The Labute approximate surface area is 125 Å². The minimum Gasteiger partial charge on any atom is -0.497 e. The van der Waals surface area contributed by atoms with Crippen LogP contribution < -0.4 is 21.1 Å². The number of benzene rings is 1. The van der Waals surface area contributed by atoms with E-state index in [1.54, 1.807) is 7.11 Å². The Morgan fingerprint density at radius 2 is 2.05 bits per heavy atom. The third kappa shape index (κ3) is 4.34. The summed E-state index contributed by atoms with van der Waals surface area (Å²) in [7, 11) is 1.68. The number of primary amides is 1. The van der Waals surface area contributed by atoms with Gasteiger partial charge in [-0.3, -0.25) is 9.69 Å². The number of rotatable bonds is 6. The molecule has 0 bridgehead atoms. The van der Waals surface area contributed by atoms with E-state index in [1.165, 1.54) is 5.69 Å². The fourth-order valence-corrected chi connectivity index (χ4v) is 2.50. The van der Waals surface area contributed by atoms with E-state index in [0.29, 0.717) is 6.42 Å². The highest BCUT2D eigenvalue weighted by molar-refractivity contribution is 5.79. The molecule has 0 aliphatic carbocycles. The zero-order chi connectivity index (χ0) is 15.2. The second-order valence-corrected chi connectivity index (χ2v) is 5.33. The number of nitrogens with two attached hydrogens (primary N) is 2. The molecular formula is C15H24N4O2. The number of ether oxygens (including phenoxy) is 1. The number of piperazine rings is 1. The fraction of sp³-hybridized carbons (Fsp3) is 0.533. The van der Waals surface area contributed by atoms with Gasteiger partial charge in [-0.25, -0.2) is 0 Å². The van der Waals surface area contributed by atoms with E-state index in [4.69, 9.17) is 16.2 Å². The minimum atomic E-state index is -0.540. The Bertz CT molecular complexity index is 472. The van der Waals surface area contributed by atoms with Crippen LogP contribution in [0.3, 0.4) is 0 Å². The monoisotopic (exact) mass is 292 g/mol. The molecule has 21 heavy (non-hydrogen) atoms. The Balaban J connectivity index is 1.81. The molecule has 1 amide bonds. The summed E-state index contributed by atoms with van der Waals surface area (Å²) in [5, 5.41) is 0. The smallest absolute Gasteiger partial charge is 0.234 e. The van der Waals surface area contributed by atoms with Gasteiger partial charge in [0.2, 0.25) is 5.91 Å². The molecule has 2 rings (SSSR count). The van der Waals surface area contributed by atoms with Crippen molar-refractivity contribution in [2.24, 2.45) is 11.5 Å². The molecule has 1 fully saturated rings. The van der Waals surface area contributed by atoms with Gasteiger partial charge in [0.1, 0.15) is 5.75 Å². The maximum Gasteiger partial charge on any atom is 0.234 e. The van der Waals surface area contributed by atoms with Crippen LogP contribution >= 0.6 is 0 Å². The molecule has 0 spiro atoms. The number of hydrogen-bond donors (Lipinski definition) is 2. The van der Waals surface area contributed by atoms with Gasteiger partial charge in [-0.2, -0.15) is 0 Å². The lowest BCUT2D eigenvalue weighted by Gasteiger charge is -2.36. The van der Waals surface area contributed by atoms with Crippen molar-refractivity contribution in [1.29, 1.82) is 0 Å². The zero-order valence-corrected chi connectivity index (χ0v) is 12.5. The molecule has 6 nitrogen and oxygen atoms in total. The van der Waals surface area contributed by atoms with Gasteiger partial charge in [-0.15, -0.1) is 0 Å². The van der Waals surface area contributed by atoms with Crippen LogP contribution in [-0.4, -0.2) is 56.7 Å². The molecule has 1 atom stereocenters. The molecule has 4 N–H and O–H groups in total. The van der Waals surface area contributed by atoms with Gasteiger partial charge in [-0.05, 0) is 18.6 Å². The quantitative estimate of drug-likeness (QED) is 0.772. The maximum atomic E-state index is 10.9. The lowest BCUT2D eigenvalue weighted by atomic mass is 10.2. The number of anilines is 1. The van der Waals surface area contributed by atoms with Gasteiger partial charge < -0.3 is 21.1 Å². The van der Waals surface area contributed by atoms with Crippen molar-refractivity contribution in [1.82, 2.24) is 4.90 Å². The maximum absolute atomic E-state index is 10.9. The predicted molar refractivity (Wildman–Crippen MR) is 83.4 cm³/mol. The van der Waals surface area contributed by atoms with Crippen molar-refractivity contribution in [3.05, 3.63) is 24.3 Å². The van der Waals surface area contributed by atoms with Crippen LogP contribution in [0.15, 0.2) is 24.3 Å². The number of carbonyl (C=O) groups is 1. The van der Waals surface area contributed by atoms with Crippen LogP contribution in [0.25, 0.3) is 0 Å². The molecule has 1 aliphatic heterocycles. The van der Waals surface area contributed by atoms with E-state index < -0.39 is 11.9 Å². The lowest BCUT2D eigenvalue weighted by molar-refractivity contribution is -0.119. The summed E-state index contributed by atoms with van der Waals surface area (Å²) in [5.41, 5.74) is 12.0. The average Bonchev–Trinajstić information content (AvgIpc) is 2.53. The minimum absolute atomic E-state index is 0.426. The number of methoxy groups -OCH3 is 1. The second-order valence-electron chi connectivity index (χ2n) is 5.33.